The molecule has 0 unspecified atom stereocenters. The molecule has 2 rings (SSSR count). The third kappa shape index (κ3) is 3.63. The number of halogens is 1. The second kappa shape index (κ2) is 6.45. The quantitative estimate of drug-likeness (QED) is 0.633. The molecule has 0 spiro atoms. The fourth-order valence-electron chi connectivity index (χ4n) is 1.77. The highest BCUT2D eigenvalue weighted by Crippen LogP contribution is 2.29. The summed E-state index contributed by atoms with van der Waals surface area (Å²) < 4.78 is 5.72. The van der Waals surface area contributed by atoms with Crippen molar-refractivity contribution in [3.8, 4) is 11.5 Å². The van der Waals surface area contributed by atoms with Crippen LogP contribution in [-0.2, 0) is 6.54 Å². The summed E-state index contributed by atoms with van der Waals surface area (Å²) in [6.07, 6.45) is 0. The number of methoxy groups -OCH3 is 1. The number of hydrogen-bond acceptors (Lipinski definition) is 5. The van der Waals surface area contributed by atoms with E-state index in [0.29, 0.717) is 28.0 Å². The SMILES string of the molecule is COc1ccc(CNc2cc([N+](=O)[O-])ccc2Br)c(O)c1. The third-order valence-electron chi connectivity index (χ3n) is 2.92. The van der Waals surface area contributed by atoms with E-state index in [9.17, 15) is 15.2 Å². The molecular formula is C14H13BrN2O4. The molecule has 0 heterocycles. The van der Waals surface area contributed by atoms with Crippen molar-refractivity contribution in [3.05, 3.63) is 56.5 Å². The molecular weight excluding hydrogens is 340 g/mol. The highest BCUT2D eigenvalue weighted by atomic mass is 79.9. The van der Waals surface area contributed by atoms with Crippen LogP contribution >= 0.6 is 15.9 Å². The highest BCUT2D eigenvalue weighted by Gasteiger charge is 2.10. The van der Waals surface area contributed by atoms with Crippen molar-refractivity contribution in [2.24, 2.45) is 0 Å². The first-order chi connectivity index (χ1) is 10.0. The second-order valence-electron chi connectivity index (χ2n) is 4.27. The Hall–Kier alpha value is -2.28. The van der Waals surface area contributed by atoms with Crippen LogP contribution in [0.1, 0.15) is 5.56 Å². The number of ether oxygens (including phenoxy) is 1. The minimum atomic E-state index is -0.456. The number of nitrogens with zero attached hydrogens (tertiary/aromatic N) is 1. The molecule has 7 heteroatoms. The van der Waals surface area contributed by atoms with Crippen LogP contribution in [0.2, 0.25) is 0 Å². The summed E-state index contributed by atoms with van der Waals surface area (Å²) in [7, 11) is 1.52. The largest absolute Gasteiger partial charge is 0.507 e. The molecule has 6 nitrogen and oxygen atoms in total. The van der Waals surface area contributed by atoms with Crippen LogP contribution in [0.15, 0.2) is 40.9 Å². The zero-order valence-electron chi connectivity index (χ0n) is 11.2. The smallest absolute Gasteiger partial charge is 0.271 e. The van der Waals surface area contributed by atoms with E-state index in [0.717, 1.165) is 0 Å². The van der Waals surface area contributed by atoms with Gasteiger partial charge in [-0.05, 0) is 34.1 Å². The number of benzene rings is 2. The first-order valence-electron chi connectivity index (χ1n) is 6.05. The number of phenols is 1. The number of nitro groups is 1. The van der Waals surface area contributed by atoms with E-state index in [1.165, 1.54) is 25.3 Å². The van der Waals surface area contributed by atoms with Crippen molar-refractivity contribution in [1.29, 1.82) is 0 Å². The molecule has 0 aliphatic rings. The van der Waals surface area contributed by atoms with Gasteiger partial charge in [0.1, 0.15) is 11.5 Å². The van der Waals surface area contributed by atoms with Crippen LogP contribution < -0.4 is 10.1 Å². The summed E-state index contributed by atoms with van der Waals surface area (Å²) in [6, 6.07) is 9.43. The number of non-ortho nitro benzene ring substituents is 1. The van der Waals surface area contributed by atoms with Crippen LogP contribution in [0.25, 0.3) is 0 Å². The molecule has 0 saturated heterocycles. The normalized spacial score (nSPS) is 10.2. The zero-order chi connectivity index (χ0) is 15.4. The van der Waals surface area contributed by atoms with E-state index in [4.69, 9.17) is 4.74 Å². The summed E-state index contributed by atoms with van der Waals surface area (Å²) in [5.41, 5.74) is 1.24. The summed E-state index contributed by atoms with van der Waals surface area (Å²) in [5.74, 6) is 0.663. The van der Waals surface area contributed by atoms with Gasteiger partial charge in [0.2, 0.25) is 0 Å². The lowest BCUT2D eigenvalue weighted by molar-refractivity contribution is -0.384. The molecule has 0 aliphatic carbocycles. The Kier molecular flexibility index (Phi) is 4.64. The van der Waals surface area contributed by atoms with Gasteiger partial charge in [0.25, 0.3) is 5.69 Å². The molecule has 2 aromatic carbocycles. The van der Waals surface area contributed by atoms with Gasteiger partial charge in [-0.2, -0.15) is 0 Å². The highest BCUT2D eigenvalue weighted by molar-refractivity contribution is 9.10. The fourth-order valence-corrected chi connectivity index (χ4v) is 2.16. The van der Waals surface area contributed by atoms with Gasteiger partial charge in [-0.1, -0.05) is 0 Å². The summed E-state index contributed by atoms with van der Waals surface area (Å²) in [5, 5.41) is 23.7. The number of rotatable bonds is 5. The van der Waals surface area contributed by atoms with Gasteiger partial charge in [-0.3, -0.25) is 10.1 Å². The first kappa shape index (κ1) is 15.1. The maximum atomic E-state index is 10.8. The van der Waals surface area contributed by atoms with Crippen LogP contribution in [0.5, 0.6) is 11.5 Å². The predicted molar refractivity (Wildman–Crippen MR) is 82.8 cm³/mol. The average molecular weight is 353 g/mol. The van der Waals surface area contributed by atoms with Crippen LogP contribution in [-0.4, -0.2) is 17.1 Å². The van der Waals surface area contributed by atoms with Gasteiger partial charge in [-0.25, -0.2) is 0 Å². The lowest BCUT2D eigenvalue weighted by Gasteiger charge is -2.10. The van der Waals surface area contributed by atoms with E-state index in [1.807, 2.05) is 0 Å². The van der Waals surface area contributed by atoms with E-state index >= 15 is 0 Å². The van der Waals surface area contributed by atoms with Crippen molar-refractivity contribution >= 4 is 27.3 Å². The lowest BCUT2D eigenvalue weighted by Crippen LogP contribution is -2.01. The third-order valence-corrected chi connectivity index (χ3v) is 3.61. The number of phenolic OH excluding ortho intramolecular Hbond substituents is 1. The summed E-state index contributed by atoms with van der Waals surface area (Å²) in [4.78, 5) is 10.3. The van der Waals surface area contributed by atoms with Gasteiger partial charge in [0.05, 0.1) is 17.7 Å². The van der Waals surface area contributed by atoms with E-state index < -0.39 is 4.92 Å². The van der Waals surface area contributed by atoms with Crippen molar-refractivity contribution in [1.82, 2.24) is 0 Å². The predicted octanol–water partition coefficient (Wildman–Crippen LogP) is 3.68. The topological polar surface area (TPSA) is 84.6 Å². The van der Waals surface area contributed by atoms with Gasteiger partial charge >= 0.3 is 0 Å². The zero-order valence-corrected chi connectivity index (χ0v) is 12.8. The molecule has 0 aliphatic heterocycles. The van der Waals surface area contributed by atoms with Crippen molar-refractivity contribution < 1.29 is 14.8 Å². The van der Waals surface area contributed by atoms with E-state index in [1.54, 1.807) is 18.2 Å². The molecule has 0 atom stereocenters. The molecule has 0 saturated carbocycles. The maximum Gasteiger partial charge on any atom is 0.271 e. The maximum absolute atomic E-state index is 10.8. The van der Waals surface area contributed by atoms with Crippen LogP contribution in [0.4, 0.5) is 11.4 Å². The number of nitro benzene ring substituents is 1. The Labute approximate surface area is 129 Å². The molecule has 2 aromatic rings. The molecule has 110 valence electrons. The monoisotopic (exact) mass is 352 g/mol. The van der Waals surface area contributed by atoms with Crippen LogP contribution in [0, 0.1) is 10.1 Å². The summed E-state index contributed by atoms with van der Waals surface area (Å²) in [6.45, 7) is 0.329. The van der Waals surface area contributed by atoms with Crippen molar-refractivity contribution in [3.63, 3.8) is 0 Å². The molecule has 0 radical (unpaired) electrons. The Morgan fingerprint density at radius 3 is 2.71 bits per heavy atom. The molecule has 0 fully saturated rings. The van der Waals surface area contributed by atoms with Crippen LogP contribution in [0.3, 0.4) is 0 Å². The molecule has 0 bridgehead atoms. The summed E-state index contributed by atoms with van der Waals surface area (Å²) >= 11 is 3.33. The number of hydrogen-bond donors (Lipinski definition) is 2. The van der Waals surface area contributed by atoms with Gasteiger partial charge in [-0.15, -0.1) is 0 Å². The molecule has 0 aromatic heterocycles. The minimum Gasteiger partial charge on any atom is -0.507 e. The molecule has 21 heavy (non-hydrogen) atoms. The van der Waals surface area contributed by atoms with Gasteiger partial charge in [0.15, 0.2) is 0 Å². The number of anilines is 1. The Balaban J connectivity index is 2.16. The Bertz CT molecular complexity index is 676. The number of aromatic hydroxyl groups is 1. The Morgan fingerprint density at radius 1 is 1.33 bits per heavy atom. The van der Waals surface area contributed by atoms with Gasteiger partial charge < -0.3 is 15.2 Å². The standard InChI is InChI=1S/C14H13BrN2O4/c1-21-11-4-2-9(14(18)7-11)8-16-13-6-10(17(19)20)3-5-12(13)15/h2-7,16,18H,8H2,1H3. The molecule has 0 amide bonds. The van der Waals surface area contributed by atoms with E-state index in [2.05, 4.69) is 21.2 Å². The fraction of sp³-hybridized carbons (Fsp3) is 0.143. The van der Waals surface area contributed by atoms with Crippen molar-refractivity contribution in [2.45, 2.75) is 6.54 Å². The first-order valence-corrected chi connectivity index (χ1v) is 6.84. The minimum absolute atomic E-state index is 0.000321. The van der Waals surface area contributed by atoms with E-state index in [-0.39, 0.29) is 11.4 Å². The van der Waals surface area contributed by atoms with Gasteiger partial charge in [0, 0.05) is 34.8 Å². The lowest BCUT2D eigenvalue weighted by atomic mass is 10.2. The average Bonchev–Trinajstić information content (AvgIpc) is 2.47. The van der Waals surface area contributed by atoms with Crippen molar-refractivity contribution in [2.75, 3.05) is 12.4 Å². The second-order valence-corrected chi connectivity index (χ2v) is 5.12. The Morgan fingerprint density at radius 2 is 2.10 bits per heavy atom. The molecule has 2 N–H and O–H groups in total. The number of nitrogens with one attached hydrogen (secondary N) is 1.